The van der Waals surface area contributed by atoms with E-state index in [4.69, 9.17) is 96.9 Å². The number of aromatic amines is 3. The van der Waals surface area contributed by atoms with Crippen molar-refractivity contribution in [1.29, 1.82) is 15.8 Å². The van der Waals surface area contributed by atoms with Crippen LogP contribution in [0.25, 0.3) is 44.1 Å². The minimum Gasteiger partial charge on any atom is -0.397 e. The molecule has 0 saturated carbocycles. The summed E-state index contributed by atoms with van der Waals surface area (Å²) in [6.07, 6.45) is 0. The maximum Gasteiger partial charge on any atom is 0.271 e. The normalized spacial score (nSPS) is 10.4. The lowest BCUT2D eigenvalue weighted by Gasteiger charge is -2.06. The number of amides is 1. The number of aromatic nitrogens is 8. The Kier molecular flexibility index (Phi) is 19.0. The summed E-state index contributed by atoms with van der Waals surface area (Å²) >= 11 is 32.3. The molecule has 0 radical (unpaired) electrons. The molecule has 0 aliphatic rings. The van der Waals surface area contributed by atoms with Crippen LogP contribution in [-0.2, 0) is 15.1 Å². The van der Waals surface area contributed by atoms with E-state index >= 15 is 0 Å². The van der Waals surface area contributed by atoms with E-state index in [1.165, 1.54) is 7.05 Å². The Morgan fingerprint density at radius 2 is 0.986 bits per heavy atom. The first-order valence-electron chi connectivity index (χ1n) is 20.0. The summed E-state index contributed by atoms with van der Waals surface area (Å²) in [5.74, 6) is 0.915. The topological polar surface area (TPSA) is 256 Å². The number of nitriles is 3. The lowest BCUT2D eigenvalue weighted by atomic mass is 10.2. The Labute approximate surface area is 425 Å². The van der Waals surface area contributed by atoms with Crippen molar-refractivity contribution in [2.24, 2.45) is 0 Å². The van der Waals surface area contributed by atoms with Crippen molar-refractivity contribution < 1.29 is 4.79 Å². The number of fused-ring (bicyclic) bond motifs is 4. The monoisotopic (exact) mass is 1040 g/mol. The van der Waals surface area contributed by atoms with Gasteiger partial charge in [-0.2, -0.15) is 15.8 Å². The second-order valence-electron chi connectivity index (χ2n) is 13.8. The summed E-state index contributed by atoms with van der Waals surface area (Å²) in [5.41, 5.74) is 20.3. The van der Waals surface area contributed by atoms with E-state index in [-0.39, 0.29) is 0 Å². The van der Waals surface area contributed by atoms with Gasteiger partial charge in [0.1, 0.15) is 18.2 Å². The molecule has 0 aliphatic heterocycles. The maximum atomic E-state index is 10.3. The molecule has 10 rings (SSSR count). The lowest BCUT2D eigenvalue weighted by Crippen LogP contribution is -2.31. The standard InChI is InChI=1S/C15H11N3.C8H5Cl3N2.2C8H5N3.C6H8N2.C3H4Cl3NO/c16-10-15-17-13-8-4-5-9-14(13)18(15)11-12-6-2-1-3-7-12;9-8(10,11)7-12-5-3-1-2-4-6(5)13-7;2*9-5-8-10-6-3-1-2-4-7(6)11-8;7-5-3-1-2-4-6(5)8;1-7-2(8)3(4,5)6/h1-9H,11H2;1-4H,(H,12,13);2*1-4H,(H,10,11);1-4H,7-8H2;1H3,(H,7,8). The number of benzene rings is 6. The van der Waals surface area contributed by atoms with Crippen molar-refractivity contribution in [2.75, 3.05) is 18.5 Å². The van der Waals surface area contributed by atoms with E-state index < -0.39 is 13.5 Å². The predicted molar refractivity (Wildman–Crippen MR) is 277 cm³/mol. The number of anilines is 2. The van der Waals surface area contributed by atoms with Gasteiger partial charge in [-0.25, -0.2) is 19.9 Å². The zero-order chi connectivity index (χ0) is 50.0. The van der Waals surface area contributed by atoms with Crippen LogP contribution in [0.2, 0.25) is 0 Å². The quantitative estimate of drug-likeness (QED) is 0.0705. The Hall–Kier alpha value is -7.52. The number of nitrogens with zero attached hydrogens (tertiary/aromatic N) is 8. The first kappa shape index (κ1) is 52.4. The first-order valence-corrected chi connectivity index (χ1v) is 22.3. The summed E-state index contributed by atoms with van der Waals surface area (Å²) < 4.78 is -1.36. The van der Waals surface area contributed by atoms with Crippen LogP contribution in [0.1, 0.15) is 28.9 Å². The fourth-order valence-electron chi connectivity index (χ4n) is 5.84. The molecule has 4 aromatic heterocycles. The van der Waals surface area contributed by atoms with Gasteiger partial charge in [-0.15, -0.1) is 0 Å². The number of alkyl halides is 6. The SMILES string of the molecule is CNC(=O)C(Cl)(Cl)Cl.ClC(Cl)(Cl)c1nc2ccccc2[nH]1.N#Cc1nc2ccccc2[nH]1.N#Cc1nc2ccccc2[nH]1.N#Cc1nc2ccccc2n1Cc1ccccc1.Nc1ccccc1N. The van der Waals surface area contributed by atoms with E-state index in [0.717, 1.165) is 49.7 Å². The fraction of sp³-hybridized carbons (Fsp3) is 0.0833. The Morgan fingerprint density at radius 3 is 1.38 bits per heavy atom. The first-order chi connectivity index (χ1) is 33.0. The third-order valence-electron chi connectivity index (χ3n) is 9.07. The van der Waals surface area contributed by atoms with Crippen molar-refractivity contribution in [3.63, 3.8) is 0 Å². The zero-order valence-corrected chi connectivity index (χ0v) is 40.6. The summed E-state index contributed by atoms with van der Waals surface area (Å²) in [7, 11) is 1.39. The molecule has 0 bridgehead atoms. The van der Waals surface area contributed by atoms with Gasteiger partial charge in [-0.05, 0) is 66.2 Å². The number of para-hydroxylation sites is 10. The molecule has 8 N–H and O–H groups in total. The molecule has 21 heteroatoms. The molecule has 0 atom stereocenters. The molecule has 6 aromatic carbocycles. The number of hydrogen-bond acceptors (Lipinski definition) is 10. The summed E-state index contributed by atoms with van der Waals surface area (Å²) in [4.78, 5) is 35.5. The van der Waals surface area contributed by atoms with Gasteiger partial charge >= 0.3 is 0 Å². The van der Waals surface area contributed by atoms with Gasteiger partial charge in [0.15, 0.2) is 5.82 Å². The number of rotatable bonds is 2. The molecule has 69 heavy (non-hydrogen) atoms. The number of H-pyrrole nitrogens is 3. The van der Waals surface area contributed by atoms with Gasteiger partial charge in [0.25, 0.3) is 9.70 Å². The van der Waals surface area contributed by atoms with E-state index in [1.807, 2.05) is 144 Å². The second-order valence-corrected chi connectivity index (χ2v) is 18.4. The number of halogens is 6. The van der Waals surface area contributed by atoms with Crippen molar-refractivity contribution >= 4 is 131 Å². The number of carbonyl (C=O) groups excluding carboxylic acids is 1. The van der Waals surface area contributed by atoms with Gasteiger partial charge in [0.2, 0.25) is 21.3 Å². The maximum absolute atomic E-state index is 10.3. The van der Waals surface area contributed by atoms with Gasteiger partial charge in [0, 0.05) is 7.05 Å². The predicted octanol–water partition coefficient (Wildman–Crippen LogP) is 11.2. The average molecular weight is 1040 g/mol. The second kappa shape index (κ2) is 25.0. The molecule has 15 nitrogen and oxygen atoms in total. The van der Waals surface area contributed by atoms with Gasteiger partial charge in [-0.1, -0.05) is 161 Å². The third kappa shape index (κ3) is 15.5. The minimum absolute atomic E-state index is 0.346. The third-order valence-corrected chi connectivity index (χ3v) is 10.1. The van der Waals surface area contributed by atoms with Crippen LogP contribution in [0.3, 0.4) is 0 Å². The van der Waals surface area contributed by atoms with Crippen molar-refractivity contribution in [2.45, 2.75) is 14.1 Å². The molecule has 4 heterocycles. The van der Waals surface area contributed by atoms with Crippen LogP contribution < -0.4 is 16.8 Å². The molecule has 1 amide bonds. The molecule has 0 aliphatic carbocycles. The number of nitrogens with two attached hydrogens (primary N) is 2. The Balaban J connectivity index is 0.000000158. The summed E-state index contributed by atoms with van der Waals surface area (Å²) in [6, 6.07) is 53.8. The average Bonchev–Trinajstić information content (AvgIpc) is 4.17. The lowest BCUT2D eigenvalue weighted by molar-refractivity contribution is -0.119. The van der Waals surface area contributed by atoms with Crippen LogP contribution in [0.5, 0.6) is 0 Å². The van der Waals surface area contributed by atoms with Gasteiger partial charge in [-0.3, -0.25) is 4.79 Å². The van der Waals surface area contributed by atoms with E-state index in [9.17, 15) is 4.79 Å². The Morgan fingerprint density at radius 1 is 0.565 bits per heavy atom. The highest BCUT2D eigenvalue weighted by Crippen LogP contribution is 2.37. The summed E-state index contributed by atoms with van der Waals surface area (Å²) in [5, 5.41) is 28.3. The highest BCUT2D eigenvalue weighted by atomic mass is 35.6. The number of nitrogen functional groups attached to an aromatic ring is 2. The van der Waals surface area contributed by atoms with Gasteiger partial charge in [0.05, 0.1) is 62.1 Å². The Bertz CT molecular complexity index is 3190. The largest absolute Gasteiger partial charge is 0.397 e. The number of carbonyl (C=O) groups is 1. The van der Waals surface area contributed by atoms with Crippen LogP contribution in [0.4, 0.5) is 11.4 Å². The van der Waals surface area contributed by atoms with Crippen molar-refractivity contribution in [3.05, 3.63) is 181 Å². The molecule has 0 saturated heterocycles. The molecule has 10 aromatic rings. The fourth-order valence-corrected chi connectivity index (χ4v) is 6.39. The number of imidazole rings is 4. The van der Waals surface area contributed by atoms with E-state index in [2.05, 4.69) is 58.4 Å². The van der Waals surface area contributed by atoms with Crippen molar-refractivity contribution in [3.8, 4) is 18.2 Å². The van der Waals surface area contributed by atoms with Crippen molar-refractivity contribution in [1.82, 2.24) is 44.8 Å². The van der Waals surface area contributed by atoms with Crippen LogP contribution >= 0.6 is 69.6 Å². The summed E-state index contributed by atoms with van der Waals surface area (Å²) in [6.45, 7) is 0.671. The molecule has 0 unspecified atom stereocenters. The smallest absolute Gasteiger partial charge is 0.271 e. The molecule has 0 spiro atoms. The number of nitrogens with one attached hydrogen (secondary N) is 4. The molecule has 348 valence electrons. The molecular formula is C48H38Cl6N14O. The van der Waals surface area contributed by atoms with Gasteiger partial charge < -0.3 is 36.3 Å². The van der Waals surface area contributed by atoms with Crippen LogP contribution in [0, 0.1) is 34.0 Å². The highest BCUT2D eigenvalue weighted by Gasteiger charge is 2.29. The number of hydrogen-bond donors (Lipinski definition) is 6. The van der Waals surface area contributed by atoms with E-state index in [0.29, 0.717) is 41.2 Å². The molecule has 0 fully saturated rings. The molecular weight excluding hydrogens is 1000 g/mol. The highest BCUT2D eigenvalue weighted by molar-refractivity contribution is 6.76. The minimum atomic E-state index is -1.82. The van der Waals surface area contributed by atoms with Crippen LogP contribution in [0.15, 0.2) is 152 Å². The van der Waals surface area contributed by atoms with E-state index in [1.54, 1.807) is 12.1 Å². The van der Waals surface area contributed by atoms with Crippen LogP contribution in [-0.4, -0.2) is 56.2 Å². The zero-order valence-electron chi connectivity index (χ0n) is 36.0.